The molecule has 3 saturated heterocycles. The molecular formula is C32H39N5O6. The molecule has 2 aromatic rings. The van der Waals surface area contributed by atoms with E-state index in [4.69, 9.17) is 4.74 Å². The van der Waals surface area contributed by atoms with Crippen molar-refractivity contribution in [1.29, 1.82) is 0 Å². The van der Waals surface area contributed by atoms with Gasteiger partial charge in [-0.2, -0.15) is 0 Å². The summed E-state index contributed by atoms with van der Waals surface area (Å²) in [6.45, 7) is 6.16. The maximum absolute atomic E-state index is 13.1. The van der Waals surface area contributed by atoms with Gasteiger partial charge in [-0.05, 0) is 61.9 Å². The molecule has 11 heteroatoms. The molecule has 4 heterocycles. The number of ether oxygens (including phenoxy) is 1. The van der Waals surface area contributed by atoms with E-state index in [0.29, 0.717) is 36.7 Å². The van der Waals surface area contributed by atoms with Crippen molar-refractivity contribution in [3.63, 3.8) is 0 Å². The molecule has 0 aromatic heterocycles. The van der Waals surface area contributed by atoms with Crippen LogP contribution in [0.3, 0.4) is 0 Å². The zero-order valence-electron chi connectivity index (χ0n) is 24.3. The molecule has 2 unspecified atom stereocenters. The molecule has 0 radical (unpaired) electrons. The Kier molecular flexibility index (Phi) is 8.62. The van der Waals surface area contributed by atoms with Gasteiger partial charge in [-0.1, -0.05) is 30.3 Å². The van der Waals surface area contributed by atoms with Crippen molar-refractivity contribution in [3.05, 3.63) is 65.2 Å². The van der Waals surface area contributed by atoms with Crippen LogP contribution >= 0.6 is 0 Å². The van der Waals surface area contributed by atoms with Crippen LogP contribution in [-0.2, 0) is 20.9 Å². The summed E-state index contributed by atoms with van der Waals surface area (Å²) in [6, 6.07) is 14.4. The molecule has 4 amide bonds. The number of imide groups is 1. The number of aliphatic hydroxyl groups is 1. The summed E-state index contributed by atoms with van der Waals surface area (Å²) in [5.74, 6) is -0.659. The van der Waals surface area contributed by atoms with E-state index in [0.717, 1.165) is 63.2 Å². The fraction of sp³-hybridized carbons (Fsp3) is 0.500. The van der Waals surface area contributed by atoms with Crippen molar-refractivity contribution in [2.24, 2.45) is 5.92 Å². The zero-order chi connectivity index (χ0) is 29.9. The molecule has 228 valence electrons. The summed E-state index contributed by atoms with van der Waals surface area (Å²) in [6.07, 6.45) is 2.13. The lowest BCUT2D eigenvalue weighted by atomic mass is 9.92. The van der Waals surface area contributed by atoms with E-state index in [1.54, 1.807) is 11.0 Å². The van der Waals surface area contributed by atoms with Gasteiger partial charge in [-0.25, -0.2) is 4.79 Å². The van der Waals surface area contributed by atoms with Gasteiger partial charge in [0.05, 0.1) is 0 Å². The van der Waals surface area contributed by atoms with E-state index in [1.807, 2.05) is 42.5 Å². The highest BCUT2D eigenvalue weighted by Gasteiger charge is 2.44. The van der Waals surface area contributed by atoms with E-state index in [1.165, 1.54) is 4.90 Å². The molecule has 4 aliphatic rings. The van der Waals surface area contributed by atoms with Crippen molar-refractivity contribution in [2.45, 2.75) is 51.0 Å². The second-order valence-corrected chi connectivity index (χ2v) is 11.9. The number of nitrogens with one attached hydrogen (secondary N) is 1. The number of carbonyl (C=O) groups is 4. The minimum absolute atomic E-state index is 0.142. The van der Waals surface area contributed by atoms with Crippen LogP contribution in [0, 0.1) is 5.92 Å². The third kappa shape index (κ3) is 6.37. The highest BCUT2D eigenvalue weighted by Crippen LogP contribution is 2.38. The van der Waals surface area contributed by atoms with Crippen LogP contribution in [0.4, 0.5) is 10.5 Å². The fourth-order valence-electron chi connectivity index (χ4n) is 6.62. The van der Waals surface area contributed by atoms with Crippen molar-refractivity contribution in [2.75, 3.05) is 50.7 Å². The first-order chi connectivity index (χ1) is 20.9. The Morgan fingerprint density at radius 1 is 0.930 bits per heavy atom. The quantitative estimate of drug-likeness (QED) is 0.473. The number of amides is 4. The second-order valence-electron chi connectivity index (χ2n) is 11.9. The molecule has 0 aliphatic carbocycles. The van der Waals surface area contributed by atoms with Gasteiger partial charge in [-0.3, -0.25) is 29.5 Å². The van der Waals surface area contributed by atoms with Gasteiger partial charge in [-0.15, -0.1) is 0 Å². The highest BCUT2D eigenvalue weighted by molar-refractivity contribution is 6.05. The second kappa shape index (κ2) is 12.7. The number of fused-ring (bicyclic) bond motifs is 1. The monoisotopic (exact) mass is 589 g/mol. The molecule has 4 aliphatic heterocycles. The number of anilines is 1. The average molecular weight is 590 g/mol. The maximum atomic E-state index is 13.1. The molecule has 2 N–H and O–H groups in total. The first kappa shape index (κ1) is 29.1. The lowest BCUT2D eigenvalue weighted by Crippen LogP contribution is -2.53. The van der Waals surface area contributed by atoms with Gasteiger partial charge in [0.1, 0.15) is 12.6 Å². The normalized spacial score (nSPS) is 23.4. The summed E-state index contributed by atoms with van der Waals surface area (Å²) in [5.41, 5.74) is 2.86. The highest BCUT2D eigenvalue weighted by atomic mass is 16.6. The number of carbonyl (C=O) groups excluding carboxylic acids is 4. The average Bonchev–Trinajstić information content (AvgIpc) is 3.28. The van der Waals surface area contributed by atoms with Crippen LogP contribution in [0.2, 0.25) is 0 Å². The zero-order valence-corrected chi connectivity index (χ0v) is 24.3. The number of benzene rings is 2. The maximum Gasteiger partial charge on any atom is 0.410 e. The Morgan fingerprint density at radius 3 is 2.40 bits per heavy atom. The molecule has 0 spiro atoms. The number of hydrogen-bond donors (Lipinski definition) is 2. The Morgan fingerprint density at radius 2 is 1.67 bits per heavy atom. The van der Waals surface area contributed by atoms with Crippen LogP contribution < -0.4 is 10.2 Å². The third-order valence-electron chi connectivity index (χ3n) is 9.26. The molecule has 0 bridgehead atoms. The van der Waals surface area contributed by atoms with E-state index < -0.39 is 18.2 Å². The smallest absolute Gasteiger partial charge is 0.410 e. The number of nitrogens with zero attached hydrogens (tertiary/aromatic N) is 4. The van der Waals surface area contributed by atoms with Crippen LogP contribution in [-0.4, -0.2) is 95.5 Å². The van der Waals surface area contributed by atoms with Crippen LogP contribution in [0.15, 0.2) is 48.5 Å². The fourth-order valence-corrected chi connectivity index (χ4v) is 6.62. The van der Waals surface area contributed by atoms with E-state index in [9.17, 15) is 24.3 Å². The number of aliphatic hydroxyl groups excluding tert-OH is 1. The minimum atomic E-state index is -1.21. The first-order valence-electron chi connectivity index (χ1n) is 15.3. The van der Waals surface area contributed by atoms with Crippen molar-refractivity contribution in [1.82, 2.24) is 20.0 Å². The Hall–Kier alpha value is -3.96. The lowest BCUT2D eigenvalue weighted by Gasteiger charge is -2.37. The van der Waals surface area contributed by atoms with Crippen molar-refractivity contribution in [3.8, 4) is 0 Å². The van der Waals surface area contributed by atoms with Crippen LogP contribution in [0.1, 0.15) is 59.8 Å². The molecule has 2 atom stereocenters. The molecule has 6 rings (SSSR count). The summed E-state index contributed by atoms with van der Waals surface area (Å²) in [4.78, 5) is 57.2. The van der Waals surface area contributed by atoms with Crippen molar-refractivity contribution < 1.29 is 29.0 Å². The standard InChI is InChI=1S/C32H39N5O6/c38-28-9-8-27(29(39)33-28)37-30(40)25-7-6-24(20-26(25)31(37)41)35-14-11-22(12-15-35)10-13-34-16-18-36(19-17-34)32(42)43-21-23-4-2-1-3-5-23/h1-7,20,22,27,31,41H,8-19,21H2,(H,33,38,39). The van der Waals surface area contributed by atoms with Gasteiger partial charge in [0.25, 0.3) is 5.91 Å². The first-order valence-corrected chi connectivity index (χ1v) is 15.3. The molecule has 11 nitrogen and oxygen atoms in total. The third-order valence-corrected chi connectivity index (χ3v) is 9.26. The molecule has 43 heavy (non-hydrogen) atoms. The van der Waals surface area contributed by atoms with Crippen LogP contribution in [0.25, 0.3) is 0 Å². The molecule has 0 saturated carbocycles. The van der Waals surface area contributed by atoms with Gasteiger partial charge >= 0.3 is 6.09 Å². The SMILES string of the molecule is O=C1CCC(N2C(=O)c3ccc(N4CCC(CCN5CCN(C(=O)OCc6ccccc6)CC5)CC4)cc3C2O)C(=O)N1. The molecule has 2 aromatic carbocycles. The summed E-state index contributed by atoms with van der Waals surface area (Å²) >= 11 is 0. The Labute approximate surface area is 251 Å². The number of rotatable bonds is 7. The summed E-state index contributed by atoms with van der Waals surface area (Å²) < 4.78 is 5.48. The predicted molar refractivity (Wildman–Crippen MR) is 158 cm³/mol. The van der Waals surface area contributed by atoms with E-state index in [2.05, 4.69) is 15.1 Å². The van der Waals surface area contributed by atoms with E-state index >= 15 is 0 Å². The largest absolute Gasteiger partial charge is 0.445 e. The summed E-state index contributed by atoms with van der Waals surface area (Å²) in [5, 5.41) is 13.3. The van der Waals surface area contributed by atoms with Gasteiger partial charge < -0.3 is 19.6 Å². The molecule has 3 fully saturated rings. The Bertz CT molecular complexity index is 1350. The predicted octanol–water partition coefficient (Wildman–Crippen LogP) is 2.50. The minimum Gasteiger partial charge on any atom is -0.445 e. The topological polar surface area (TPSA) is 123 Å². The summed E-state index contributed by atoms with van der Waals surface area (Å²) in [7, 11) is 0. The van der Waals surface area contributed by atoms with E-state index in [-0.39, 0.29) is 30.7 Å². The van der Waals surface area contributed by atoms with Gasteiger partial charge in [0.15, 0.2) is 6.23 Å². The number of piperazine rings is 1. The lowest BCUT2D eigenvalue weighted by molar-refractivity contribution is -0.139. The number of hydrogen-bond acceptors (Lipinski definition) is 8. The van der Waals surface area contributed by atoms with Gasteiger partial charge in [0, 0.05) is 62.5 Å². The van der Waals surface area contributed by atoms with Gasteiger partial charge in [0.2, 0.25) is 11.8 Å². The number of piperidine rings is 2. The van der Waals surface area contributed by atoms with Crippen LogP contribution in [0.5, 0.6) is 0 Å². The Balaban J connectivity index is 0.941. The van der Waals surface area contributed by atoms with Crippen molar-refractivity contribution >= 4 is 29.5 Å². The molecular weight excluding hydrogens is 550 g/mol.